The maximum atomic E-state index is 12.3. The lowest BCUT2D eigenvalue weighted by molar-refractivity contribution is -0.109. The quantitative estimate of drug-likeness (QED) is 0.587. The average molecular weight is 306 g/mol. The van der Waals surface area contributed by atoms with Gasteiger partial charge in [-0.05, 0) is 33.2 Å². The predicted octanol–water partition coefficient (Wildman–Crippen LogP) is 1.78. The van der Waals surface area contributed by atoms with E-state index >= 15 is 0 Å². The maximum absolute atomic E-state index is 12.3. The first-order chi connectivity index (χ1) is 10.3. The molecule has 2 bridgehead atoms. The van der Waals surface area contributed by atoms with Crippen molar-refractivity contribution in [3.63, 3.8) is 0 Å². The molecule has 2 amide bonds. The zero-order valence-electron chi connectivity index (χ0n) is 13.7. The lowest BCUT2D eigenvalue weighted by Crippen LogP contribution is -2.41. The molecule has 120 valence electrons. The molecular weight excluding hydrogens is 283 g/mol. The van der Waals surface area contributed by atoms with Gasteiger partial charge in [-0.2, -0.15) is 5.06 Å². The van der Waals surface area contributed by atoms with Crippen LogP contribution in [0.3, 0.4) is 0 Å². The van der Waals surface area contributed by atoms with Crippen molar-refractivity contribution < 1.29 is 18.9 Å². The van der Waals surface area contributed by atoms with E-state index in [4.69, 9.17) is 14.1 Å². The Kier molecular flexibility index (Phi) is 3.62. The van der Waals surface area contributed by atoms with Crippen LogP contribution in [-0.2, 0) is 14.1 Å². The van der Waals surface area contributed by atoms with E-state index in [0.29, 0.717) is 19.7 Å². The maximum Gasteiger partial charge on any atom is 0.492 e. The van der Waals surface area contributed by atoms with Crippen LogP contribution in [-0.4, -0.2) is 60.1 Å². The zero-order valence-corrected chi connectivity index (χ0v) is 13.7. The summed E-state index contributed by atoms with van der Waals surface area (Å²) in [4.78, 5) is 19.6. The summed E-state index contributed by atoms with van der Waals surface area (Å²) in [6, 6.07) is -0.287. The molecule has 1 unspecified atom stereocenters. The van der Waals surface area contributed by atoms with Gasteiger partial charge < -0.3 is 14.2 Å². The third kappa shape index (κ3) is 2.28. The van der Waals surface area contributed by atoms with Crippen molar-refractivity contribution in [1.29, 1.82) is 0 Å². The van der Waals surface area contributed by atoms with E-state index in [9.17, 15) is 4.79 Å². The monoisotopic (exact) mass is 306 g/mol. The zero-order chi connectivity index (χ0) is 16.1. The molecule has 0 radical (unpaired) electrons. The molecule has 3 aliphatic heterocycles. The minimum atomic E-state index is -0.446. The third-order valence-electron chi connectivity index (χ3n) is 4.92. The van der Waals surface area contributed by atoms with Crippen LogP contribution in [0.15, 0.2) is 24.2 Å². The Morgan fingerprint density at radius 1 is 1.41 bits per heavy atom. The summed E-state index contributed by atoms with van der Waals surface area (Å²) in [7, 11) is -0.446. The van der Waals surface area contributed by atoms with E-state index in [0.717, 1.165) is 5.47 Å². The highest BCUT2D eigenvalue weighted by molar-refractivity contribution is 6.55. The third-order valence-corrected chi connectivity index (χ3v) is 4.92. The highest BCUT2D eigenvalue weighted by Crippen LogP contribution is 2.41. The number of fused-ring (bicyclic) bond motifs is 2. The van der Waals surface area contributed by atoms with Crippen LogP contribution in [0.4, 0.5) is 4.79 Å². The Hall–Kier alpha value is -1.31. The second-order valence-electron chi connectivity index (χ2n) is 6.91. The van der Waals surface area contributed by atoms with Gasteiger partial charge in [0.2, 0.25) is 0 Å². The van der Waals surface area contributed by atoms with E-state index in [1.165, 1.54) is 5.06 Å². The molecular formula is C15H23BN2O4. The van der Waals surface area contributed by atoms with Crippen LogP contribution in [0.1, 0.15) is 27.7 Å². The lowest BCUT2D eigenvalue weighted by atomic mass is 9.72. The molecule has 2 fully saturated rings. The highest BCUT2D eigenvalue weighted by Gasteiger charge is 2.56. The molecule has 22 heavy (non-hydrogen) atoms. The summed E-state index contributed by atoms with van der Waals surface area (Å²) in [5.41, 5.74) is 0.167. The van der Waals surface area contributed by atoms with Gasteiger partial charge in [0.1, 0.15) is 0 Å². The van der Waals surface area contributed by atoms with Gasteiger partial charge in [0.15, 0.2) is 0 Å². The van der Waals surface area contributed by atoms with Crippen molar-refractivity contribution in [2.75, 3.05) is 19.7 Å². The second-order valence-corrected chi connectivity index (χ2v) is 6.91. The van der Waals surface area contributed by atoms with Crippen LogP contribution in [0.2, 0.25) is 0 Å². The highest BCUT2D eigenvalue weighted by atomic mass is 16.7. The summed E-state index contributed by atoms with van der Waals surface area (Å²) in [5, 5.41) is 1.42. The van der Waals surface area contributed by atoms with Crippen molar-refractivity contribution in [3.05, 3.63) is 24.2 Å². The van der Waals surface area contributed by atoms with E-state index < -0.39 is 18.3 Å². The summed E-state index contributed by atoms with van der Waals surface area (Å²) in [6.07, 6.45) is 3.65. The molecule has 0 aliphatic carbocycles. The van der Waals surface area contributed by atoms with E-state index in [2.05, 4.69) is 6.58 Å². The molecule has 2 saturated heterocycles. The molecule has 0 aromatic heterocycles. The van der Waals surface area contributed by atoms with Gasteiger partial charge >= 0.3 is 13.1 Å². The normalized spacial score (nSPS) is 29.1. The van der Waals surface area contributed by atoms with Crippen molar-refractivity contribution in [1.82, 2.24) is 9.96 Å². The van der Waals surface area contributed by atoms with Crippen LogP contribution >= 0.6 is 0 Å². The molecule has 0 aromatic rings. The Morgan fingerprint density at radius 2 is 2.05 bits per heavy atom. The number of hydroxylamine groups is 2. The summed E-state index contributed by atoms with van der Waals surface area (Å²) in [6.45, 7) is 13.2. The summed E-state index contributed by atoms with van der Waals surface area (Å²) in [5.74, 6) is 0. The number of carbonyl (C=O) groups is 1. The van der Waals surface area contributed by atoms with E-state index in [1.807, 2.05) is 33.8 Å². The first-order valence-electron chi connectivity index (χ1n) is 7.64. The Labute approximate surface area is 131 Å². The topological polar surface area (TPSA) is 51.2 Å². The number of hydrogen-bond acceptors (Lipinski definition) is 4. The van der Waals surface area contributed by atoms with Crippen molar-refractivity contribution in [2.24, 2.45) is 0 Å². The SMILES string of the molecule is C=CCON1C(=O)N2CC=C(B3OC(C)(C)C(C)(C)O3)C1C2. The van der Waals surface area contributed by atoms with Crippen LogP contribution in [0, 0.1) is 0 Å². The fraction of sp³-hybridized carbons (Fsp3) is 0.667. The fourth-order valence-electron chi connectivity index (χ4n) is 2.89. The standard InChI is InChI=1S/C15H23BN2O4/c1-6-9-20-18-12-10-17(13(18)19)8-7-11(12)16-21-14(2,3)15(4,5)22-16/h6-7,12H,1,8-10H2,2-5H3. The summed E-state index contributed by atoms with van der Waals surface area (Å²) >= 11 is 0. The number of hydrogen-bond donors (Lipinski definition) is 0. The molecule has 6 nitrogen and oxygen atoms in total. The van der Waals surface area contributed by atoms with Gasteiger partial charge in [-0.1, -0.05) is 12.2 Å². The Balaban J connectivity index is 1.82. The van der Waals surface area contributed by atoms with Crippen molar-refractivity contribution in [2.45, 2.75) is 44.9 Å². The lowest BCUT2D eigenvalue weighted by Gasteiger charge is -2.32. The molecule has 7 heteroatoms. The molecule has 3 aliphatic rings. The molecule has 0 saturated carbocycles. The fourth-order valence-corrected chi connectivity index (χ4v) is 2.89. The second kappa shape index (κ2) is 5.11. The Morgan fingerprint density at radius 3 is 2.64 bits per heavy atom. The number of amides is 2. The first kappa shape index (κ1) is 15.6. The molecule has 3 heterocycles. The molecule has 1 atom stereocenters. The van der Waals surface area contributed by atoms with E-state index in [-0.39, 0.29) is 12.1 Å². The van der Waals surface area contributed by atoms with Crippen molar-refractivity contribution >= 4 is 13.1 Å². The Bertz CT molecular complexity index is 516. The van der Waals surface area contributed by atoms with Crippen LogP contribution in [0.25, 0.3) is 0 Å². The smallest absolute Gasteiger partial charge is 0.400 e. The first-order valence-corrected chi connectivity index (χ1v) is 7.64. The molecule has 3 rings (SSSR count). The largest absolute Gasteiger partial charge is 0.492 e. The average Bonchev–Trinajstić information content (AvgIpc) is 2.80. The molecule has 0 N–H and O–H groups in total. The van der Waals surface area contributed by atoms with Gasteiger partial charge in [0.05, 0.1) is 23.9 Å². The molecule has 0 spiro atoms. The van der Waals surface area contributed by atoms with Gasteiger partial charge in [0.25, 0.3) is 0 Å². The number of rotatable bonds is 4. The number of urea groups is 1. The summed E-state index contributed by atoms with van der Waals surface area (Å²) < 4.78 is 12.2. The van der Waals surface area contributed by atoms with Crippen LogP contribution in [0.5, 0.6) is 0 Å². The van der Waals surface area contributed by atoms with Gasteiger partial charge in [-0.25, -0.2) is 4.79 Å². The van der Waals surface area contributed by atoms with Crippen molar-refractivity contribution in [3.8, 4) is 0 Å². The molecule has 0 aromatic carbocycles. The van der Waals surface area contributed by atoms with Gasteiger partial charge in [0, 0.05) is 13.1 Å². The predicted molar refractivity (Wildman–Crippen MR) is 82.9 cm³/mol. The minimum Gasteiger partial charge on any atom is -0.400 e. The van der Waals surface area contributed by atoms with E-state index in [1.54, 1.807) is 11.0 Å². The van der Waals surface area contributed by atoms with Crippen LogP contribution < -0.4 is 0 Å². The van der Waals surface area contributed by atoms with Gasteiger partial charge in [-0.15, -0.1) is 6.58 Å². The number of carbonyl (C=O) groups excluding carboxylic acids is 1. The number of nitrogens with zero attached hydrogens (tertiary/aromatic N) is 2. The van der Waals surface area contributed by atoms with Gasteiger partial charge in [-0.3, -0.25) is 4.84 Å². The minimum absolute atomic E-state index is 0.116.